The minimum absolute atomic E-state index is 0.103. The first-order chi connectivity index (χ1) is 13.3. The van der Waals surface area contributed by atoms with Crippen LogP contribution in [-0.2, 0) is 9.53 Å². The van der Waals surface area contributed by atoms with Crippen molar-refractivity contribution in [1.29, 1.82) is 0 Å². The van der Waals surface area contributed by atoms with E-state index in [9.17, 15) is 14.7 Å². The second-order valence-corrected chi connectivity index (χ2v) is 7.96. The quantitative estimate of drug-likeness (QED) is 0.401. The zero-order valence-corrected chi connectivity index (χ0v) is 17.0. The topological polar surface area (TPSA) is 104 Å². The molecule has 0 fully saturated rings. The van der Waals surface area contributed by atoms with Gasteiger partial charge in [-0.15, -0.1) is 0 Å². The van der Waals surface area contributed by atoms with Crippen LogP contribution in [0, 0.1) is 0 Å². The molecule has 0 saturated carbocycles. The summed E-state index contributed by atoms with van der Waals surface area (Å²) in [5.41, 5.74) is 1.68. The number of allylic oxidation sites excluding steroid dienone is 1. The highest BCUT2D eigenvalue weighted by atomic mass is 32.2. The maximum atomic E-state index is 12.9. The Morgan fingerprint density at radius 3 is 2.61 bits per heavy atom. The second kappa shape index (κ2) is 8.10. The molecule has 0 bridgehead atoms. The number of hydrogen-bond acceptors (Lipinski definition) is 7. The van der Waals surface area contributed by atoms with Crippen LogP contribution < -0.4 is 10.9 Å². The third-order valence-corrected chi connectivity index (χ3v) is 5.05. The van der Waals surface area contributed by atoms with Gasteiger partial charge in [0.2, 0.25) is 0 Å². The standard InChI is InChI=1S/C20H23N3O4S/c1-5-28-20-22-17-16(18(25)23-20)15(12-6-8-13(24)9-7-12)14(11(4)21-17)19(26)27-10(2)3/h6-10,15,24H,5H2,1-4H3,(H2,21,22,23,25). The van der Waals surface area contributed by atoms with E-state index in [0.717, 1.165) is 5.75 Å². The SMILES string of the molecule is CCSc1nc2c(c(=O)[nH]1)C(c1ccc(O)cc1)C(C(=O)OC(C)C)=C(C)N2. The molecule has 7 nitrogen and oxygen atoms in total. The van der Waals surface area contributed by atoms with Crippen LogP contribution in [0.15, 0.2) is 45.5 Å². The molecule has 0 amide bonds. The molecule has 1 unspecified atom stereocenters. The first kappa shape index (κ1) is 20.0. The Balaban J connectivity index is 2.21. The highest BCUT2D eigenvalue weighted by Crippen LogP contribution is 2.40. The Bertz CT molecular complexity index is 980. The van der Waals surface area contributed by atoms with Gasteiger partial charge in [-0.2, -0.15) is 0 Å². The molecular formula is C20H23N3O4S. The summed E-state index contributed by atoms with van der Waals surface area (Å²) >= 11 is 1.43. The Labute approximate surface area is 167 Å². The van der Waals surface area contributed by atoms with E-state index in [-0.39, 0.29) is 17.4 Å². The summed E-state index contributed by atoms with van der Waals surface area (Å²) in [5.74, 6) is 0.155. The number of H-pyrrole nitrogens is 1. The van der Waals surface area contributed by atoms with Crippen LogP contribution in [0.3, 0.4) is 0 Å². The fraction of sp³-hybridized carbons (Fsp3) is 0.350. The lowest BCUT2D eigenvalue weighted by Crippen LogP contribution is -2.31. The van der Waals surface area contributed by atoms with Gasteiger partial charge in [-0.05, 0) is 44.2 Å². The molecule has 3 N–H and O–H groups in total. The number of phenolic OH excluding ortho intramolecular Hbond substituents is 1. The number of aromatic nitrogens is 2. The first-order valence-electron chi connectivity index (χ1n) is 9.06. The molecule has 3 rings (SSSR count). The zero-order chi connectivity index (χ0) is 20.4. The molecule has 2 heterocycles. The molecule has 148 valence electrons. The molecule has 0 radical (unpaired) electrons. The minimum atomic E-state index is -0.653. The summed E-state index contributed by atoms with van der Waals surface area (Å²) in [6.07, 6.45) is -0.297. The summed E-state index contributed by atoms with van der Waals surface area (Å²) in [4.78, 5) is 33.1. The third-order valence-electron chi connectivity index (χ3n) is 4.29. The van der Waals surface area contributed by atoms with Crippen LogP contribution in [-0.4, -0.2) is 32.9 Å². The lowest BCUT2D eigenvalue weighted by Gasteiger charge is -2.29. The van der Waals surface area contributed by atoms with E-state index in [1.807, 2.05) is 6.92 Å². The predicted octanol–water partition coefficient (Wildman–Crippen LogP) is 3.37. The van der Waals surface area contributed by atoms with E-state index in [4.69, 9.17) is 4.74 Å². The van der Waals surface area contributed by atoms with Gasteiger partial charge >= 0.3 is 5.97 Å². The lowest BCUT2D eigenvalue weighted by atomic mass is 9.82. The molecule has 0 aliphatic carbocycles. The number of fused-ring (bicyclic) bond motifs is 1. The third kappa shape index (κ3) is 3.91. The number of carbonyl (C=O) groups excluding carboxylic acids is 1. The number of aromatic amines is 1. The number of nitrogens with zero attached hydrogens (tertiary/aromatic N) is 1. The van der Waals surface area contributed by atoms with Gasteiger partial charge in [0.15, 0.2) is 5.16 Å². The zero-order valence-electron chi connectivity index (χ0n) is 16.2. The molecule has 1 atom stereocenters. The number of aromatic hydroxyl groups is 1. The molecule has 1 aliphatic rings. The first-order valence-corrected chi connectivity index (χ1v) is 10.0. The van der Waals surface area contributed by atoms with Gasteiger partial charge < -0.3 is 20.1 Å². The predicted molar refractivity (Wildman–Crippen MR) is 109 cm³/mol. The van der Waals surface area contributed by atoms with Crippen LogP contribution in [0.1, 0.15) is 44.7 Å². The maximum absolute atomic E-state index is 12.9. The molecule has 1 aromatic carbocycles. The van der Waals surface area contributed by atoms with Crippen LogP contribution in [0.5, 0.6) is 5.75 Å². The van der Waals surface area contributed by atoms with Crippen LogP contribution in [0.25, 0.3) is 0 Å². The summed E-state index contributed by atoms with van der Waals surface area (Å²) in [5, 5.41) is 13.3. The van der Waals surface area contributed by atoms with Crippen molar-refractivity contribution in [3.63, 3.8) is 0 Å². The summed E-state index contributed by atoms with van der Waals surface area (Å²) in [6, 6.07) is 6.44. The van der Waals surface area contributed by atoms with Crippen LogP contribution in [0.2, 0.25) is 0 Å². The number of ether oxygens (including phenoxy) is 1. The molecule has 28 heavy (non-hydrogen) atoms. The van der Waals surface area contributed by atoms with Crippen molar-refractivity contribution in [2.24, 2.45) is 0 Å². The average Bonchev–Trinajstić information content (AvgIpc) is 2.60. The van der Waals surface area contributed by atoms with E-state index in [2.05, 4.69) is 15.3 Å². The number of anilines is 1. The normalized spacial score (nSPS) is 16.0. The van der Waals surface area contributed by atoms with Crippen LogP contribution in [0.4, 0.5) is 5.82 Å². The number of nitrogens with one attached hydrogen (secondary N) is 2. The molecule has 8 heteroatoms. The fourth-order valence-corrected chi connectivity index (χ4v) is 3.78. The number of hydrogen-bond donors (Lipinski definition) is 3. The lowest BCUT2D eigenvalue weighted by molar-refractivity contribution is -0.143. The Hall–Kier alpha value is -2.74. The average molecular weight is 401 g/mol. The number of carbonyl (C=O) groups is 1. The van der Waals surface area contributed by atoms with E-state index in [0.29, 0.717) is 33.4 Å². The molecule has 1 aliphatic heterocycles. The monoisotopic (exact) mass is 401 g/mol. The van der Waals surface area contributed by atoms with Crippen LogP contribution >= 0.6 is 11.8 Å². The van der Waals surface area contributed by atoms with Crippen molar-refractivity contribution in [3.05, 3.63) is 57.0 Å². The largest absolute Gasteiger partial charge is 0.508 e. The summed E-state index contributed by atoms with van der Waals surface area (Å²) in [7, 11) is 0. The van der Waals surface area contributed by atoms with Gasteiger partial charge in [-0.1, -0.05) is 30.8 Å². The van der Waals surface area contributed by atoms with Crippen molar-refractivity contribution < 1.29 is 14.6 Å². The van der Waals surface area contributed by atoms with Crippen molar-refractivity contribution in [1.82, 2.24) is 9.97 Å². The highest BCUT2D eigenvalue weighted by molar-refractivity contribution is 7.99. The minimum Gasteiger partial charge on any atom is -0.508 e. The number of esters is 1. The van der Waals surface area contributed by atoms with E-state index >= 15 is 0 Å². The number of rotatable bonds is 5. The second-order valence-electron chi connectivity index (χ2n) is 6.71. The van der Waals surface area contributed by atoms with Gasteiger partial charge in [0.1, 0.15) is 11.6 Å². The molecule has 0 saturated heterocycles. The van der Waals surface area contributed by atoms with Crippen molar-refractivity contribution in [3.8, 4) is 5.75 Å². The Morgan fingerprint density at radius 2 is 2.00 bits per heavy atom. The van der Waals surface area contributed by atoms with Gasteiger partial charge in [0, 0.05) is 5.70 Å². The van der Waals surface area contributed by atoms with Gasteiger partial charge in [-0.25, -0.2) is 9.78 Å². The highest BCUT2D eigenvalue weighted by Gasteiger charge is 2.36. The number of thioether (sulfide) groups is 1. The van der Waals surface area contributed by atoms with E-state index in [1.165, 1.54) is 23.9 Å². The van der Waals surface area contributed by atoms with E-state index < -0.39 is 11.9 Å². The van der Waals surface area contributed by atoms with Gasteiger partial charge in [0.25, 0.3) is 5.56 Å². The van der Waals surface area contributed by atoms with Gasteiger partial charge in [0.05, 0.1) is 23.2 Å². The maximum Gasteiger partial charge on any atom is 0.337 e. The van der Waals surface area contributed by atoms with Crippen molar-refractivity contribution >= 4 is 23.5 Å². The Morgan fingerprint density at radius 1 is 1.32 bits per heavy atom. The molecule has 2 aromatic rings. The smallest absolute Gasteiger partial charge is 0.337 e. The van der Waals surface area contributed by atoms with Gasteiger partial charge in [-0.3, -0.25) is 4.79 Å². The molecule has 1 aromatic heterocycles. The fourth-order valence-electron chi connectivity index (χ4n) is 3.18. The molecule has 0 spiro atoms. The number of phenols is 1. The van der Waals surface area contributed by atoms with Crippen molar-refractivity contribution in [2.75, 3.05) is 11.1 Å². The van der Waals surface area contributed by atoms with E-state index in [1.54, 1.807) is 32.9 Å². The molecular weight excluding hydrogens is 378 g/mol. The summed E-state index contributed by atoms with van der Waals surface area (Å²) in [6.45, 7) is 7.29. The van der Waals surface area contributed by atoms with Crippen molar-refractivity contribution in [2.45, 2.75) is 44.9 Å². The summed E-state index contributed by atoms with van der Waals surface area (Å²) < 4.78 is 5.43. The number of benzene rings is 1. The Kier molecular flexibility index (Phi) is 5.79.